The molecule has 0 amide bonds. The normalized spacial score (nSPS) is 16.7. The highest BCUT2D eigenvalue weighted by molar-refractivity contribution is 5.36. The number of aromatic nitrogens is 3. The summed E-state index contributed by atoms with van der Waals surface area (Å²) < 4.78 is 1.96. The number of piperidine rings is 1. The lowest BCUT2D eigenvalue weighted by Crippen LogP contribution is -2.41. The van der Waals surface area contributed by atoms with Crippen molar-refractivity contribution in [3.05, 3.63) is 42.0 Å². The SMILES string of the molecule is CN(Cc1ncnn1-c1ccc(C(C)(C)C)cc1)C1CCNCC1. The van der Waals surface area contributed by atoms with E-state index in [1.54, 1.807) is 6.33 Å². The molecule has 0 aliphatic carbocycles. The number of benzene rings is 1. The summed E-state index contributed by atoms with van der Waals surface area (Å²) in [5, 5.41) is 7.87. The maximum atomic E-state index is 4.49. The van der Waals surface area contributed by atoms with Gasteiger partial charge in [-0.2, -0.15) is 5.10 Å². The van der Waals surface area contributed by atoms with Gasteiger partial charge in [0.05, 0.1) is 12.2 Å². The van der Waals surface area contributed by atoms with Crippen LogP contribution >= 0.6 is 0 Å². The number of nitrogens with zero attached hydrogens (tertiary/aromatic N) is 4. The molecule has 3 rings (SSSR count). The summed E-state index contributed by atoms with van der Waals surface area (Å²) in [6.45, 7) is 9.74. The molecule has 0 atom stereocenters. The fourth-order valence-electron chi connectivity index (χ4n) is 3.29. The maximum Gasteiger partial charge on any atom is 0.146 e. The molecule has 24 heavy (non-hydrogen) atoms. The van der Waals surface area contributed by atoms with Crippen LogP contribution < -0.4 is 5.32 Å². The predicted molar refractivity (Wildman–Crippen MR) is 97.4 cm³/mol. The Morgan fingerprint density at radius 1 is 1.17 bits per heavy atom. The van der Waals surface area contributed by atoms with Crippen LogP contribution in [-0.2, 0) is 12.0 Å². The second kappa shape index (κ2) is 7.03. The highest BCUT2D eigenvalue weighted by atomic mass is 15.4. The number of nitrogens with one attached hydrogen (secondary N) is 1. The quantitative estimate of drug-likeness (QED) is 0.938. The fraction of sp³-hybridized carbons (Fsp3) is 0.579. The van der Waals surface area contributed by atoms with Crippen molar-refractivity contribution < 1.29 is 0 Å². The first-order valence-corrected chi connectivity index (χ1v) is 8.86. The molecule has 1 saturated heterocycles. The third-order valence-corrected chi connectivity index (χ3v) is 4.92. The zero-order valence-corrected chi connectivity index (χ0v) is 15.3. The van der Waals surface area contributed by atoms with Crippen LogP contribution in [0.25, 0.3) is 5.69 Å². The van der Waals surface area contributed by atoms with Gasteiger partial charge in [-0.15, -0.1) is 0 Å². The second-order valence-electron chi connectivity index (χ2n) is 7.78. The summed E-state index contributed by atoms with van der Waals surface area (Å²) in [6, 6.07) is 9.29. The fourth-order valence-corrected chi connectivity index (χ4v) is 3.29. The molecular weight excluding hydrogens is 298 g/mol. The molecule has 1 aliphatic rings. The zero-order chi connectivity index (χ0) is 17.2. The molecule has 5 heteroatoms. The lowest BCUT2D eigenvalue weighted by molar-refractivity contribution is 0.186. The number of rotatable bonds is 4. The molecule has 5 nitrogen and oxygen atoms in total. The largest absolute Gasteiger partial charge is 0.317 e. The monoisotopic (exact) mass is 327 g/mol. The van der Waals surface area contributed by atoms with Crippen molar-refractivity contribution >= 4 is 0 Å². The van der Waals surface area contributed by atoms with Gasteiger partial charge in [0, 0.05) is 6.04 Å². The van der Waals surface area contributed by atoms with E-state index in [-0.39, 0.29) is 5.41 Å². The second-order valence-corrected chi connectivity index (χ2v) is 7.78. The van der Waals surface area contributed by atoms with Gasteiger partial charge >= 0.3 is 0 Å². The lowest BCUT2D eigenvalue weighted by Gasteiger charge is -2.31. The summed E-state index contributed by atoms with van der Waals surface area (Å²) in [6.07, 6.45) is 4.05. The Bertz CT molecular complexity index is 647. The first-order valence-electron chi connectivity index (χ1n) is 8.86. The minimum absolute atomic E-state index is 0.166. The van der Waals surface area contributed by atoms with Crippen LogP contribution in [0.1, 0.15) is 45.0 Å². The standard InChI is InChI=1S/C19H29N5/c1-19(2,3)15-5-7-17(8-6-15)24-18(21-14-22-24)13-23(4)16-9-11-20-12-10-16/h5-8,14,16,20H,9-13H2,1-4H3. The van der Waals surface area contributed by atoms with Crippen LogP contribution in [0.2, 0.25) is 0 Å². The van der Waals surface area contributed by atoms with Crippen LogP contribution in [0.4, 0.5) is 0 Å². The molecule has 130 valence electrons. The molecule has 0 spiro atoms. The summed E-state index contributed by atoms with van der Waals surface area (Å²) in [5.74, 6) is 1.000. The number of hydrogen-bond donors (Lipinski definition) is 1. The molecule has 1 aromatic heterocycles. The third kappa shape index (κ3) is 3.84. The maximum absolute atomic E-state index is 4.49. The Hall–Kier alpha value is -1.72. The molecule has 2 aromatic rings. The van der Waals surface area contributed by atoms with Gasteiger partial charge in [0.1, 0.15) is 12.2 Å². The van der Waals surface area contributed by atoms with Crippen molar-refractivity contribution in [2.75, 3.05) is 20.1 Å². The van der Waals surface area contributed by atoms with Crippen LogP contribution in [0.3, 0.4) is 0 Å². The summed E-state index contributed by atoms with van der Waals surface area (Å²) in [4.78, 5) is 6.90. The Balaban J connectivity index is 1.75. The van der Waals surface area contributed by atoms with Crippen LogP contribution in [0, 0.1) is 0 Å². The highest BCUT2D eigenvalue weighted by Crippen LogP contribution is 2.23. The zero-order valence-electron chi connectivity index (χ0n) is 15.3. The van der Waals surface area contributed by atoms with Crippen molar-refractivity contribution in [3.8, 4) is 5.69 Å². The van der Waals surface area contributed by atoms with Gasteiger partial charge in [0.15, 0.2) is 0 Å². The molecule has 1 fully saturated rings. The number of hydrogen-bond acceptors (Lipinski definition) is 4. The Kier molecular flexibility index (Phi) is 5.01. The predicted octanol–water partition coefficient (Wildman–Crippen LogP) is 2.75. The van der Waals surface area contributed by atoms with Crippen LogP contribution in [0.15, 0.2) is 30.6 Å². The van der Waals surface area contributed by atoms with Gasteiger partial charge < -0.3 is 5.32 Å². The molecule has 2 heterocycles. The van der Waals surface area contributed by atoms with Gasteiger partial charge in [0.25, 0.3) is 0 Å². The molecule has 1 N–H and O–H groups in total. The molecule has 0 radical (unpaired) electrons. The minimum Gasteiger partial charge on any atom is -0.317 e. The Labute approximate surface area is 145 Å². The van der Waals surface area contributed by atoms with E-state index >= 15 is 0 Å². The van der Waals surface area contributed by atoms with E-state index in [4.69, 9.17) is 0 Å². The van der Waals surface area contributed by atoms with Crippen LogP contribution in [-0.4, -0.2) is 45.8 Å². The highest BCUT2D eigenvalue weighted by Gasteiger charge is 2.20. The topological polar surface area (TPSA) is 46.0 Å². The third-order valence-electron chi connectivity index (χ3n) is 4.92. The van der Waals surface area contributed by atoms with Gasteiger partial charge in [-0.1, -0.05) is 32.9 Å². The van der Waals surface area contributed by atoms with E-state index in [9.17, 15) is 0 Å². The van der Waals surface area contributed by atoms with Gasteiger partial charge in [-0.25, -0.2) is 9.67 Å². The summed E-state index contributed by atoms with van der Waals surface area (Å²) >= 11 is 0. The van der Waals surface area contributed by atoms with Gasteiger partial charge in [-0.3, -0.25) is 4.90 Å². The van der Waals surface area contributed by atoms with Crippen molar-refractivity contribution in [3.63, 3.8) is 0 Å². The van der Waals surface area contributed by atoms with E-state index in [2.05, 4.69) is 72.4 Å². The van der Waals surface area contributed by atoms with Crippen LogP contribution in [0.5, 0.6) is 0 Å². The van der Waals surface area contributed by atoms with E-state index < -0.39 is 0 Å². The lowest BCUT2D eigenvalue weighted by atomic mass is 9.87. The summed E-state index contributed by atoms with van der Waals surface area (Å²) in [5.41, 5.74) is 2.58. The molecular formula is C19H29N5. The molecule has 0 saturated carbocycles. The van der Waals surface area contributed by atoms with Gasteiger partial charge in [-0.05, 0) is 56.1 Å². The van der Waals surface area contributed by atoms with Crippen molar-refractivity contribution in [1.29, 1.82) is 0 Å². The molecule has 0 bridgehead atoms. The first-order chi connectivity index (χ1) is 11.4. The van der Waals surface area contributed by atoms with Gasteiger partial charge in [0.2, 0.25) is 0 Å². The Morgan fingerprint density at radius 2 is 1.83 bits per heavy atom. The average Bonchev–Trinajstić information content (AvgIpc) is 3.03. The van der Waals surface area contributed by atoms with E-state index in [0.717, 1.165) is 31.1 Å². The minimum atomic E-state index is 0.166. The van der Waals surface area contributed by atoms with E-state index in [1.807, 2.05) is 4.68 Å². The van der Waals surface area contributed by atoms with Crippen molar-refractivity contribution in [2.24, 2.45) is 0 Å². The first kappa shape index (κ1) is 17.1. The Morgan fingerprint density at radius 3 is 2.46 bits per heavy atom. The van der Waals surface area contributed by atoms with E-state index in [1.165, 1.54) is 18.4 Å². The van der Waals surface area contributed by atoms with E-state index in [0.29, 0.717) is 6.04 Å². The average molecular weight is 327 g/mol. The smallest absolute Gasteiger partial charge is 0.146 e. The van der Waals surface area contributed by atoms with Crippen molar-refractivity contribution in [2.45, 2.75) is 51.6 Å². The van der Waals surface area contributed by atoms with Crippen molar-refractivity contribution in [1.82, 2.24) is 25.0 Å². The molecule has 1 aromatic carbocycles. The molecule has 1 aliphatic heterocycles. The summed E-state index contributed by atoms with van der Waals surface area (Å²) in [7, 11) is 2.19. The molecule has 0 unspecified atom stereocenters.